The lowest BCUT2D eigenvalue weighted by Gasteiger charge is -2.31. The number of carbonyl (C=O) groups excluding carboxylic acids is 1. The summed E-state index contributed by atoms with van der Waals surface area (Å²) >= 11 is 0. The van der Waals surface area contributed by atoms with Gasteiger partial charge < -0.3 is 15.5 Å². The maximum atomic E-state index is 11.8. The van der Waals surface area contributed by atoms with Crippen molar-refractivity contribution in [3.05, 3.63) is 0 Å². The van der Waals surface area contributed by atoms with Crippen LogP contribution in [0.15, 0.2) is 0 Å². The monoisotopic (exact) mass is 215 g/mol. The largest absolute Gasteiger partial charge is 0.394 e. The molecule has 3 N–H and O–H groups in total. The number of hydrogen-bond donors (Lipinski definition) is 3. The Bertz CT molecular complexity index is 214. The molecule has 1 aliphatic rings. The van der Waals surface area contributed by atoms with Gasteiger partial charge >= 0.3 is 0 Å². The lowest BCUT2D eigenvalue weighted by Crippen LogP contribution is -2.55. The van der Waals surface area contributed by atoms with Crippen molar-refractivity contribution in [2.75, 3.05) is 13.2 Å². The van der Waals surface area contributed by atoms with Crippen LogP contribution < -0.4 is 5.32 Å². The molecule has 0 aromatic rings. The minimum absolute atomic E-state index is 0.00553. The van der Waals surface area contributed by atoms with Gasteiger partial charge in [0.05, 0.1) is 18.8 Å². The average Bonchev–Trinajstić information content (AvgIpc) is 3.08. The number of hydrogen-bond acceptors (Lipinski definition) is 3. The quantitative estimate of drug-likeness (QED) is 0.596. The van der Waals surface area contributed by atoms with Gasteiger partial charge in [0.15, 0.2) is 0 Å². The summed E-state index contributed by atoms with van der Waals surface area (Å²) in [4.78, 5) is 11.8. The molecule has 0 aromatic carbocycles. The van der Waals surface area contributed by atoms with Gasteiger partial charge in [0.1, 0.15) is 0 Å². The van der Waals surface area contributed by atoms with Crippen LogP contribution in [0.1, 0.15) is 33.1 Å². The van der Waals surface area contributed by atoms with Crippen molar-refractivity contribution in [2.24, 2.45) is 11.8 Å². The first-order chi connectivity index (χ1) is 7.08. The third-order valence-electron chi connectivity index (χ3n) is 3.41. The molecule has 1 rings (SSSR count). The summed E-state index contributed by atoms with van der Waals surface area (Å²) in [5, 5.41) is 21.1. The Morgan fingerprint density at radius 1 is 1.47 bits per heavy atom. The van der Waals surface area contributed by atoms with Crippen molar-refractivity contribution in [3.8, 4) is 0 Å². The maximum Gasteiger partial charge on any atom is 0.223 e. The lowest BCUT2D eigenvalue weighted by molar-refractivity contribution is -0.128. The van der Waals surface area contributed by atoms with Gasteiger partial charge in [-0.05, 0) is 25.2 Å². The average molecular weight is 215 g/mol. The van der Waals surface area contributed by atoms with Crippen LogP contribution in [-0.4, -0.2) is 34.9 Å². The Morgan fingerprint density at radius 3 is 2.33 bits per heavy atom. The number of carbonyl (C=O) groups is 1. The molecular formula is C11H21NO3. The molecule has 0 aliphatic heterocycles. The molecule has 1 unspecified atom stereocenters. The number of rotatable bonds is 6. The van der Waals surface area contributed by atoms with Gasteiger partial charge in [-0.3, -0.25) is 4.79 Å². The van der Waals surface area contributed by atoms with E-state index < -0.39 is 5.54 Å². The van der Waals surface area contributed by atoms with E-state index in [1.54, 1.807) is 0 Å². The van der Waals surface area contributed by atoms with Crippen LogP contribution in [0.2, 0.25) is 0 Å². The molecule has 1 atom stereocenters. The summed E-state index contributed by atoms with van der Waals surface area (Å²) in [7, 11) is 0. The van der Waals surface area contributed by atoms with E-state index in [-0.39, 0.29) is 25.0 Å². The van der Waals surface area contributed by atoms with E-state index in [0.717, 1.165) is 12.8 Å². The van der Waals surface area contributed by atoms with Crippen LogP contribution in [0.5, 0.6) is 0 Å². The summed E-state index contributed by atoms with van der Waals surface area (Å²) in [5.41, 5.74) is -0.847. The standard InChI is InChI=1S/C11H21NO3/c1-3-11(6-13,7-14)12-10(15)8(2)9-4-5-9/h8-9,13-14H,3-7H2,1-2H3,(H,12,15). The fourth-order valence-electron chi connectivity index (χ4n) is 1.63. The summed E-state index contributed by atoms with van der Waals surface area (Å²) in [6.45, 7) is 3.31. The van der Waals surface area contributed by atoms with E-state index in [4.69, 9.17) is 0 Å². The highest BCUT2D eigenvalue weighted by Crippen LogP contribution is 2.36. The van der Waals surface area contributed by atoms with Crippen LogP contribution in [-0.2, 0) is 4.79 Å². The minimum atomic E-state index is -0.847. The zero-order valence-electron chi connectivity index (χ0n) is 9.49. The molecule has 0 heterocycles. The Hall–Kier alpha value is -0.610. The summed E-state index contributed by atoms with van der Waals surface area (Å²) in [6, 6.07) is 0. The van der Waals surface area contributed by atoms with Gasteiger partial charge in [-0.15, -0.1) is 0 Å². The second-order valence-corrected chi connectivity index (χ2v) is 4.57. The fourth-order valence-corrected chi connectivity index (χ4v) is 1.63. The van der Waals surface area contributed by atoms with Gasteiger partial charge in [0, 0.05) is 5.92 Å². The van der Waals surface area contributed by atoms with Crippen LogP contribution in [0, 0.1) is 11.8 Å². The van der Waals surface area contributed by atoms with E-state index in [1.807, 2.05) is 13.8 Å². The smallest absolute Gasteiger partial charge is 0.223 e. The number of nitrogens with one attached hydrogen (secondary N) is 1. The van der Waals surface area contributed by atoms with Crippen molar-refractivity contribution in [1.82, 2.24) is 5.32 Å². The molecular weight excluding hydrogens is 194 g/mol. The Morgan fingerprint density at radius 2 is 2.00 bits per heavy atom. The SMILES string of the molecule is CCC(CO)(CO)NC(=O)C(C)C1CC1. The first kappa shape index (κ1) is 12.5. The first-order valence-corrected chi connectivity index (χ1v) is 5.62. The van der Waals surface area contributed by atoms with Crippen molar-refractivity contribution < 1.29 is 15.0 Å². The van der Waals surface area contributed by atoms with Crippen LogP contribution in [0.25, 0.3) is 0 Å². The van der Waals surface area contributed by atoms with E-state index >= 15 is 0 Å². The predicted molar refractivity (Wildman–Crippen MR) is 57.2 cm³/mol. The third kappa shape index (κ3) is 2.92. The molecule has 1 amide bonds. The van der Waals surface area contributed by atoms with E-state index in [0.29, 0.717) is 12.3 Å². The fraction of sp³-hybridized carbons (Fsp3) is 0.909. The van der Waals surface area contributed by atoms with Crippen molar-refractivity contribution in [3.63, 3.8) is 0 Å². The van der Waals surface area contributed by atoms with Crippen LogP contribution >= 0.6 is 0 Å². The van der Waals surface area contributed by atoms with Crippen LogP contribution in [0.4, 0.5) is 0 Å². The molecule has 0 aromatic heterocycles. The van der Waals surface area contributed by atoms with Gasteiger partial charge in [0.25, 0.3) is 0 Å². The van der Waals surface area contributed by atoms with Gasteiger partial charge in [0.2, 0.25) is 5.91 Å². The molecule has 1 saturated carbocycles. The lowest BCUT2D eigenvalue weighted by atomic mass is 9.96. The van der Waals surface area contributed by atoms with Crippen LogP contribution in [0.3, 0.4) is 0 Å². The van der Waals surface area contributed by atoms with E-state index in [2.05, 4.69) is 5.32 Å². The van der Waals surface area contributed by atoms with Crippen molar-refractivity contribution in [1.29, 1.82) is 0 Å². The number of amides is 1. The molecule has 1 fully saturated rings. The minimum Gasteiger partial charge on any atom is -0.394 e. The first-order valence-electron chi connectivity index (χ1n) is 5.62. The van der Waals surface area contributed by atoms with E-state index in [1.165, 1.54) is 0 Å². The van der Waals surface area contributed by atoms with E-state index in [9.17, 15) is 15.0 Å². The molecule has 0 spiro atoms. The van der Waals surface area contributed by atoms with Crippen molar-refractivity contribution >= 4 is 5.91 Å². The molecule has 0 saturated heterocycles. The molecule has 0 radical (unpaired) electrons. The normalized spacial score (nSPS) is 18.7. The topological polar surface area (TPSA) is 69.6 Å². The number of aliphatic hydroxyl groups excluding tert-OH is 2. The highest BCUT2D eigenvalue weighted by atomic mass is 16.3. The zero-order chi connectivity index (χ0) is 11.5. The van der Waals surface area contributed by atoms with Gasteiger partial charge in [-0.25, -0.2) is 0 Å². The molecule has 1 aliphatic carbocycles. The third-order valence-corrected chi connectivity index (χ3v) is 3.41. The highest BCUT2D eigenvalue weighted by Gasteiger charge is 2.36. The van der Waals surface area contributed by atoms with Gasteiger partial charge in [-0.1, -0.05) is 13.8 Å². The zero-order valence-corrected chi connectivity index (χ0v) is 9.49. The molecule has 0 bridgehead atoms. The highest BCUT2D eigenvalue weighted by molar-refractivity contribution is 5.79. The molecule has 15 heavy (non-hydrogen) atoms. The number of aliphatic hydroxyl groups is 2. The second-order valence-electron chi connectivity index (χ2n) is 4.57. The Balaban J connectivity index is 2.52. The maximum absolute atomic E-state index is 11.8. The Labute approximate surface area is 90.7 Å². The molecule has 4 nitrogen and oxygen atoms in total. The summed E-state index contributed by atoms with van der Waals surface area (Å²) in [6.07, 6.45) is 2.76. The predicted octanol–water partition coefficient (Wildman–Crippen LogP) is 0.282. The summed E-state index contributed by atoms with van der Waals surface area (Å²) in [5.74, 6) is 0.438. The molecule has 4 heteroatoms. The Kier molecular flexibility index (Phi) is 4.11. The van der Waals surface area contributed by atoms with Gasteiger partial charge in [-0.2, -0.15) is 0 Å². The van der Waals surface area contributed by atoms with Crippen molar-refractivity contribution in [2.45, 2.75) is 38.6 Å². The molecule has 88 valence electrons. The second kappa shape index (κ2) is 4.94. The summed E-state index contributed by atoms with van der Waals surface area (Å²) < 4.78 is 0.